The van der Waals surface area contributed by atoms with Crippen molar-refractivity contribution in [3.63, 3.8) is 0 Å². The van der Waals surface area contributed by atoms with Gasteiger partial charge in [-0.3, -0.25) is 24.1 Å². The summed E-state index contributed by atoms with van der Waals surface area (Å²) in [6.45, 7) is 6.49. The molecule has 0 radical (unpaired) electrons. The van der Waals surface area contributed by atoms with Gasteiger partial charge in [0.05, 0.1) is 12.2 Å². The van der Waals surface area contributed by atoms with E-state index in [4.69, 9.17) is 9.47 Å². The lowest BCUT2D eigenvalue weighted by Gasteiger charge is -2.38. The van der Waals surface area contributed by atoms with E-state index in [1.807, 2.05) is 0 Å². The number of hydrogen-bond acceptors (Lipinski definition) is 6. The number of piperidine rings is 1. The van der Waals surface area contributed by atoms with Crippen molar-refractivity contribution >= 4 is 23.8 Å². The van der Waals surface area contributed by atoms with E-state index in [0.29, 0.717) is 5.56 Å². The summed E-state index contributed by atoms with van der Waals surface area (Å²) in [5.74, 6) is -7.81. The molecule has 0 N–H and O–H groups in total. The highest BCUT2D eigenvalue weighted by molar-refractivity contribution is 6.14. The molecule has 0 saturated carbocycles. The molecule has 1 aliphatic rings. The lowest BCUT2D eigenvalue weighted by atomic mass is 9.72. The lowest BCUT2D eigenvalue weighted by Crippen LogP contribution is -2.56. The fraction of sp³-hybridized carbons (Fsp3) is 0.500. The van der Waals surface area contributed by atoms with E-state index < -0.39 is 59.5 Å². The Morgan fingerprint density at radius 3 is 1.64 bits per heavy atom. The molecule has 0 bridgehead atoms. The van der Waals surface area contributed by atoms with Gasteiger partial charge in [-0.05, 0) is 45.4 Å². The Bertz CT molecular complexity index is 731. The van der Waals surface area contributed by atoms with Gasteiger partial charge in [0.25, 0.3) is 0 Å². The number of imide groups is 1. The summed E-state index contributed by atoms with van der Waals surface area (Å²) >= 11 is 0. The summed E-state index contributed by atoms with van der Waals surface area (Å²) in [5, 5.41) is 0. The quantitative estimate of drug-likeness (QED) is 0.432. The predicted molar refractivity (Wildman–Crippen MR) is 96.4 cm³/mol. The summed E-state index contributed by atoms with van der Waals surface area (Å²) in [6.07, 6.45) is -1.00. The Labute approximate surface area is 162 Å². The van der Waals surface area contributed by atoms with Crippen LogP contribution in [0.4, 0.5) is 4.39 Å². The molecule has 3 atom stereocenters. The maximum atomic E-state index is 13.4. The zero-order valence-electron chi connectivity index (χ0n) is 16.5. The Morgan fingerprint density at radius 2 is 1.29 bits per heavy atom. The van der Waals surface area contributed by atoms with Crippen LogP contribution in [-0.4, -0.2) is 47.9 Å². The van der Waals surface area contributed by atoms with Crippen LogP contribution in [-0.2, 0) is 28.7 Å². The number of amides is 2. The third-order valence-corrected chi connectivity index (χ3v) is 4.38. The second-order valence-corrected chi connectivity index (χ2v) is 7.24. The number of nitrogens with zero attached hydrogens (tertiary/aromatic N) is 1. The minimum absolute atomic E-state index is 0.299. The van der Waals surface area contributed by atoms with Crippen molar-refractivity contribution in [2.45, 2.75) is 45.8 Å². The number of halogens is 1. The van der Waals surface area contributed by atoms with E-state index in [0.717, 1.165) is 17.0 Å². The van der Waals surface area contributed by atoms with Gasteiger partial charge in [0, 0.05) is 13.0 Å². The summed E-state index contributed by atoms with van der Waals surface area (Å²) in [5.41, 5.74) is 0.299. The van der Waals surface area contributed by atoms with Crippen molar-refractivity contribution in [3.8, 4) is 0 Å². The van der Waals surface area contributed by atoms with Gasteiger partial charge in [-0.15, -0.1) is 0 Å². The van der Waals surface area contributed by atoms with Gasteiger partial charge in [0.2, 0.25) is 11.8 Å². The number of ether oxygens (including phenoxy) is 2. The van der Waals surface area contributed by atoms with E-state index in [1.54, 1.807) is 27.7 Å². The van der Waals surface area contributed by atoms with Crippen LogP contribution in [0.5, 0.6) is 0 Å². The van der Waals surface area contributed by atoms with Crippen LogP contribution in [0.2, 0.25) is 0 Å². The first kappa shape index (κ1) is 21.5. The monoisotopic (exact) mass is 393 g/mol. The molecule has 8 heteroatoms. The number of carbonyl (C=O) groups is 4. The van der Waals surface area contributed by atoms with E-state index in [-0.39, 0.29) is 0 Å². The molecule has 1 aromatic rings. The van der Waals surface area contributed by atoms with Crippen molar-refractivity contribution in [3.05, 3.63) is 35.6 Å². The van der Waals surface area contributed by atoms with Crippen LogP contribution < -0.4 is 0 Å². The third-order valence-electron chi connectivity index (χ3n) is 4.38. The molecule has 152 valence electrons. The number of likely N-dealkylation sites (tertiary alicyclic amines) is 1. The largest absolute Gasteiger partial charge is 0.462 e. The van der Waals surface area contributed by atoms with Crippen LogP contribution in [0.25, 0.3) is 0 Å². The van der Waals surface area contributed by atoms with Gasteiger partial charge in [-0.2, -0.15) is 0 Å². The second-order valence-electron chi connectivity index (χ2n) is 7.24. The standard InChI is InChI=1S/C20H24FNO6/c1-10(2)27-19(25)15-14(12-6-8-13(21)9-7-12)16(20(26)28-11(3)4)18(24)22(5)17(15)23/h6-11,14-16H,1-5H3/t14?,15-,16+. The Hall–Kier alpha value is -2.77. The zero-order valence-corrected chi connectivity index (χ0v) is 16.5. The zero-order chi connectivity index (χ0) is 21.2. The first-order valence-electron chi connectivity index (χ1n) is 9.02. The fourth-order valence-electron chi connectivity index (χ4n) is 3.20. The number of esters is 2. The van der Waals surface area contributed by atoms with Crippen molar-refractivity contribution in [1.82, 2.24) is 4.90 Å². The average Bonchev–Trinajstić information content (AvgIpc) is 2.58. The van der Waals surface area contributed by atoms with Crippen LogP contribution >= 0.6 is 0 Å². The third kappa shape index (κ3) is 4.37. The van der Waals surface area contributed by atoms with Crippen molar-refractivity contribution in [1.29, 1.82) is 0 Å². The molecule has 1 unspecified atom stereocenters. The van der Waals surface area contributed by atoms with Gasteiger partial charge in [-0.25, -0.2) is 4.39 Å². The van der Waals surface area contributed by atoms with Crippen molar-refractivity contribution in [2.24, 2.45) is 11.8 Å². The highest BCUT2D eigenvalue weighted by Gasteiger charge is 2.55. The molecule has 0 aromatic heterocycles. The molecule has 2 amide bonds. The molecule has 0 aliphatic carbocycles. The molecule has 0 spiro atoms. The first-order valence-corrected chi connectivity index (χ1v) is 9.02. The van der Waals surface area contributed by atoms with Gasteiger partial charge in [-0.1, -0.05) is 12.1 Å². The highest BCUT2D eigenvalue weighted by Crippen LogP contribution is 2.40. The van der Waals surface area contributed by atoms with Crippen LogP contribution in [0.3, 0.4) is 0 Å². The SMILES string of the molecule is CC(C)OC(=O)[C@@H]1C(=O)N(C)C(=O)[C@H](C(=O)OC(C)C)C1c1ccc(F)cc1. The maximum Gasteiger partial charge on any atom is 0.319 e. The maximum absolute atomic E-state index is 13.4. The van der Waals surface area contributed by atoms with Gasteiger partial charge in [0.15, 0.2) is 0 Å². The first-order chi connectivity index (χ1) is 13.0. The molecule has 28 heavy (non-hydrogen) atoms. The summed E-state index contributed by atoms with van der Waals surface area (Å²) in [7, 11) is 1.21. The summed E-state index contributed by atoms with van der Waals surface area (Å²) < 4.78 is 23.8. The average molecular weight is 393 g/mol. The fourth-order valence-corrected chi connectivity index (χ4v) is 3.20. The molecule has 2 rings (SSSR count). The van der Waals surface area contributed by atoms with Crippen LogP contribution in [0, 0.1) is 17.7 Å². The van der Waals surface area contributed by atoms with E-state index in [1.165, 1.54) is 19.2 Å². The molecule has 1 heterocycles. The van der Waals surface area contributed by atoms with Gasteiger partial charge in [0.1, 0.15) is 17.7 Å². The molecule has 7 nitrogen and oxygen atoms in total. The predicted octanol–water partition coefficient (Wildman–Crippen LogP) is 2.04. The number of hydrogen-bond donors (Lipinski definition) is 0. The van der Waals surface area contributed by atoms with Gasteiger partial charge >= 0.3 is 11.9 Å². The van der Waals surface area contributed by atoms with E-state index >= 15 is 0 Å². The highest BCUT2D eigenvalue weighted by atomic mass is 19.1. The van der Waals surface area contributed by atoms with Crippen LogP contribution in [0.1, 0.15) is 39.2 Å². The van der Waals surface area contributed by atoms with E-state index in [2.05, 4.69) is 0 Å². The molecule has 1 fully saturated rings. The van der Waals surface area contributed by atoms with Crippen molar-refractivity contribution < 1.29 is 33.0 Å². The minimum Gasteiger partial charge on any atom is -0.462 e. The topological polar surface area (TPSA) is 90.0 Å². The van der Waals surface area contributed by atoms with Gasteiger partial charge < -0.3 is 9.47 Å². The van der Waals surface area contributed by atoms with Crippen LogP contribution in [0.15, 0.2) is 24.3 Å². The molecule has 1 aromatic carbocycles. The molecular weight excluding hydrogens is 369 g/mol. The van der Waals surface area contributed by atoms with E-state index in [9.17, 15) is 23.6 Å². The Kier molecular flexibility index (Phi) is 6.53. The van der Waals surface area contributed by atoms with Crippen molar-refractivity contribution in [2.75, 3.05) is 7.05 Å². The second kappa shape index (κ2) is 8.50. The molecule has 1 saturated heterocycles. The normalized spacial score (nSPS) is 22.6. The molecular formula is C20H24FNO6. The Balaban J connectivity index is 2.60. The smallest absolute Gasteiger partial charge is 0.319 e. The number of rotatable bonds is 5. The summed E-state index contributed by atoms with van der Waals surface area (Å²) in [4.78, 5) is 51.7. The number of benzene rings is 1. The number of carbonyl (C=O) groups excluding carboxylic acids is 4. The minimum atomic E-state index is -1.43. The molecule has 1 aliphatic heterocycles. The Morgan fingerprint density at radius 1 is 0.893 bits per heavy atom. The lowest BCUT2D eigenvalue weighted by molar-refractivity contribution is -0.173. The summed E-state index contributed by atoms with van der Waals surface area (Å²) in [6, 6.07) is 4.96.